The van der Waals surface area contributed by atoms with Gasteiger partial charge in [-0.25, -0.2) is 0 Å². The monoisotopic (exact) mass is 364 g/mol. The van der Waals surface area contributed by atoms with Crippen LogP contribution in [0.2, 0.25) is 0 Å². The van der Waals surface area contributed by atoms with Crippen LogP contribution in [0.4, 0.5) is 0 Å². The van der Waals surface area contributed by atoms with Gasteiger partial charge in [0.2, 0.25) is 0 Å². The van der Waals surface area contributed by atoms with Crippen molar-refractivity contribution in [2.24, 2.45) is 0 Å². The minimum atomic E-state index is -0.585. The molecule has 1 aromatic heterocycles. The molecule has 1 N–H and O–H groups in total. The van der Waals surface area contributed by atoms with Crippen molar-refractivity contribution in [3.8, 4) is 5.75 Å². The molecule has 0 amide bonds. The molecule has 0 fully saturated rings. The van der Waals surface area contributed by atoms with Crippen molar-refractivity contribution >= 4 is 15.9 Å². The Morgan fingerprint density at radius 3 is 2.82 bits per heavy atom. The van der Waals surface area contributed by atoms with E-state index in [9.17, 15) is 5.11 Å². The SMILES string of the molecule is Cc1nn(C[C@H](O)COc2ccc3c(c2)CCC3)c(C)c1Br. The van der Waals surface area contributed by atoms with Crippen LogP contribution >= 0.6 is 15.9 Å². The fourth-order valence-corrected chi connectivity index (χ4v) is 3.22. The highest BCUT2D eigenvalue weighted by Crippen LogP contribution is 2.26. The van der Waals surface area contributed by atoms with Gasteiger partial charge < -0.3 is 9.84 Å². The van der Waals surface area contributed by atoms with E-state index in [1.807, 2.05) is 24.6 Å². The van der Waals surface area contributed by atoms with Gasteiger partial charge in [-0.15, -0.1) is 0 Å². The van der Waals surface area contributed by atoms with Crippen LogP contribution in [0.5, 0.6) is 5.75 Å². The van der Waals surface area contributed by atoms with E-state index >= 15 is 0 Å². The van der Waals surface area contributed by atoms with E-state index in [1.165, 1.54) is 24.0 Å². The number of aliphatic hydroxyl groups excluding tert-OH is 1. The molecule has 118 valence electrons. The Morgan fingerprint density at radius 1 is 1.32 bits per heavy atom. The highest BCUT2D eigenvalue weighted by Gasteiger charge is 2.14. The highest BCUT2D eigenvalue weighted by molar-refractivity contribution is 9.10. The van der Waals surface area contributed by atoms with Crippen molar-refractivity contribution in [1.82, 2.24) is 9.78 Å². The molecule has 0 unspecified atom stereocenters. The van der Waals surface area contributed by atoms with E-state index in [0.717, 1.165) is 28.0 Å². The summed E-state index contributed by atoms with van der Waals surface area (Å²) in [4.78, 5) is 0. The van der Waals surface area contributed by atoms with Gasteiger partial charge in [0.1, 0.15) is 18.5 Å². The summed E-state index contributed by atoms with van der Waals surface area (Å²) in [5.41, 5.74) is 4.77. The smallest absolute Gasteiger partial charge is 0.119 e. The number of ether oxygens (including phenoxy) is 1. The zero-order valence-electron chi connectivity index (χ0n) is 13.0. The molecule has 2 aromatic rings. The first-order chi connectivity index (χ1) is 10.5. The molecule has 0 saturated heterocycles. The van der Waals surface area contributed by atoms with Crippen molar-refractivity contribution in [3.63, 3.8) is 0 Å². The molecule has 0 radical (unpaired) electrons. The second-order valence-corrected chi connectivity index (χ2v) is 6.71. The van der Waals surface area contributed by atoms with E-state index in [-0.39, 0.29) is 6.61 Å². The molecule has 0 aliphatic heterocycles. The summed E-state index contributed by atoms with van der Waals surface area (Å²) in [5.74, 6) is 0.842. The summed E-state index contributed by atoms with van der Waals surface area (Å²) in [6.07, 6.45) is 2.95. The predicted octanol–water partition coefficient (Wildman–Crippen LogP) is 3.19. The number of hydrogen-bond acceptors (Lipinski definition) is 3. The molecular weight excluding hydrogens is 344 g/mol. The third-order valence-electron chi connectivity index (χ3n) is 4.19. The van der Waals surface area contributed by atoms with Gasteiger partial charge in [-0.05, 0) is 72.3 Å². The number of benzene rings is 1. The average molecular weight is 365 g/mol. The fraction of sp³-hybridized carbons (Fsp3) is 0.471. The first-order valence-electron chi connectivity index (χ1n) is 7.67. The molecule has 1 aromatic carbocycles. The van der Waals surface area contributed by atoms with Gasteiger partial charge in [0.05, 0.1) is 16.7 Å². The Balaban J connectivity index is 1.58. The van der Waals surface area contributed by atoms with Crippen molar-refractivity contribution in [1.29, 1.82) is 0 Å². The van der Waals surface area contributed by atoms with Crippen molar-refractivity contribution in [3.05, 3.63) is 45.2 Å². The van der Waals surface area contributed by atoms with Crippen molar-refractivity contribution in [2.45, 2.75) is 45.8 Å². The maximum Gasteiger partial charge on any atom is 0.119 e. The summed E-state index contributed by atoms with van der Waals surface area (Å²) < 4.78 is 8.55. The van der Waals surface area contributed by atoms with Crippen LogP contribution in [0, 0.1) is 13.8 Å². The van der Waals surface area contributed by atoms with Crippen LogP contribution in [0.1, 0.15) is 28.9 Å². The van der Waals surface area contributed by atoms with Gasteiger partial charge in [0.25, 0.3) is 0 Å². The largest absolute Gasteiger partial charge is 0.491 e. The highest BCUT2D eigenvalue weighted by atomic mass is 79.9. The van der Waals surface area contributed by atoms with Gasteiger partial charge >= 0.3 is 0 Å². The second-order valence-electron chi connectivity index (χ2n) is 5.92. The quantitative estimate of drug-likeness (QED) is 0.885. The van der Waals surface area contributed by atoms with Crippen molar-refractivity contribution in [2.75, 3.05) is 6.61 Å². The lowest BCUT2D eigenvalue weighted by molar-refractivity contribution is 0.0886. The number of rotatable bonds is 5. The van der Waals surface area contributed by atoms with Gasteiger partial charge in [-0.3, -0.25) is 4.68 Å². The maximum absolute atomic E-state index is 10.2. The first kappa shape index (κ1) is 15.6. The number of nitrogens with zero attached hydrogens (tertiary/aromatic N) is 2. The Labute approximate surface area is 139 Å². The lowest BCUT2D eigenvalue weighted by atomic mass is 10.1. The van der Waals surface area contributed by atoms with E-state index in [0.29, 0.717) is 6.54 Å². The van der Waals surface area contributed by atoms with Crippen LogP contribution in [0.25, 0.3) is 0 Å². The number of fused-ring (bicyclic) bond motifs is 1. The number of aryl methyl sites for hydroxylation is 3. The van der Waals surface area contributed by atoms with E-state index in [1.54, 1.807) is 0 Å². The minimum absolute atomic E-state index is 0.273. The van der Waals surface area contributed by atoms with Crippen LogP contribution < -0.4 is 4.74 Å². The molecule has 5 heteroatoms. The minimum Gasteiger partial charge on any atom is -0.491 e. The number of aromatic nitrogens is 2. The fourth-order valence-electron chi connectivity index (χ4n) is 2.94. The average Bonchev–Trinajstić information content (AvgIpc) is 3.06. The molecule has 4 nitrogen and oxygen atoms in total. The van der Waals surface area contributed by atoms with Crippen LogP contribution in [-0.4, -0.2) is 27.6 Å². The van der Waals surface area contributed by atoms with Gasteiger partial charge in [-0.2, -0.15) is 5.10 Å². The van der Waals surface area contributed by atoms with Gasteiger partial charge in [-0.1, -0.05) is 6.07 Å². The lowest BCUT2D eigenvalue weighted by Crippen LogP contribution is -2.24. The first-order valence-corrected chi connectivity index (χ1v) is 8.46. The number of hydrogen-bond donors (Lipinski definition) is 1. The zero-order chi connectivity index (χ0) is 15.7. The maximum atomic E-state index is 10.2. The number of aliphatic hydroxyl groups is 1. The third kappa shape index (κ3) is 3.20. The van der Waals surface area contributed by atoms with Crippen LogP contribution in [0.15, 0.2) is 22.7 Å². The Hall–Kier alpha value is -1.33. The molecule has 1 aliphatic carbocycles. The third-order valence-corrected chi connectivity index (χ3v) is 5.34. The van der Waals surface area contributed by atoms with Crippen molar-refractivity contribution < 1.29 is 9.84 Å². The Morgan fingerprint density at radius 2 is 2.09 bits per heavy atom. The van der Waals surface area contributed by atoms with E-state index in [4.69, 9.17) is 4.74 Å². The number of halogens is 1. The van der Waals surface area contributed by atoms with Crippen LogP contribution in [0.3, 0.4) is 0 Å². The molecule has 0 bridgehead atoms. The summed E-state index contributed by atoms with van der Waals surface area (Å²) in [7, 11) is 0. The normalized spacial score (nSPS) is 14.9. The molecule has 1 heterocycles. The molecule has 1 aliphatic rings. The summed E-state index contributed by atoms with van der Waals surface area (Å²) in [6, 6.07) is 6.24. The lowest BCUT2D eigenvalue weighted by Gasteiger charge is -2.14. The summed E-state index contributed by atoms with van der Waals surface area (Å²) in [5, 5.41) is 14.6. The zero-order valence-corrected chi connectivity index (χ0v) is 14.6. The second kappa shape index (κ2) is 6.42. The molecule has 3 rings (SSSR count). The topological polar surface area (TPSA) is 47.3 Å². The van der Waals surface area contributed by atoms with Gasteiger partial charge in [0.15, 0.2) is 0 Å². The van der Waals surface area contributed by atoms with Gasteiger partial charge in [0, 0.05) is 5.69 Å². The summed E-state index contributed by atoms with van der Waals surface area (Å²) >= 11 is 3.50. The molecule has 0 spiro atoms. The predicted molar refractivity (Wildman–Crippen MR) is 89.4 cm³/mol. The molecule has 1 atom stereocenters. The van der Waals surface area contributed by atoms with Crippen LogP contribution in [-0.2, 0) is 19.4 Å². The molecular formula is C17H21BrN2O2. The Kier molecular flexibility index (Phi) is 4.54. The standard InChI is InChI=1S/C17H21BrN2O2/c1-11-17(18)12(2)20(19-11)9-15(21)10-22-16-7-6-13-4-3-5-14(13)8-16/h6-8,15,21H,3-5,9-10H2,1-2H3/t15-/m0/s1. The van der Waals surface area contributed by atoms with E-state index in [2.05, 4.69) is 33.2 Å². The van der Waals surface area contributed by atoms with E-state index < -0.39 is 6.10 Å². The molecule has 0 saturated carbocycles. The Bertz CT molecular complexity index is 682. The molecule has 22 heavy (non-hydrogen) atoms. The summed E-state index contributed by atoms with van der Waals surface area (Å²) in [6.45, 7) is 4.64.